The van der Waals surface area contributed by atoms with Gasteiger partial charge in [-0.25, -0.2) is 4.39 Å². The number of rotatable bonds is 1. The van der Waals surface area contributed by atoms with Crippen LogP contribution in [0.3, 0.4) is 0 Å². The van der Waals surface area contributed by atoms with E-state index in [0.717, 1.165) is 17.7 Å². The van der Waals surface area contributed by atoms with Gasteiger partial charge in [-0.15, -0.1) is 0 Å². The monoisotopic (exact) mass is 192 g/mol. The van der Waals surface area contributed by atoms with Crippen LogP contribution in [0.4, 0.5) is 4.39 Å². The standard InChI is InChI=1S/C11H9FO2/c12-11(7-14-11)9-3-4-10-8(6-9)2-1-5-13-10/h1,3-6H,2,7H2/t11-/m0/s1. The van der Waals surface area contributed by atoms with Crippen molar-refractivity contribution in [2.75, 3.05) is 6.61 Å². The first-order valence-electron chi connectivity index (χ1n) is 4.56. The van der Waals surface area contributed by atoms with Crippen molar-refractivity contribution in [1.29, 1.82) is 0 Å². The molecule has 0 unspecified atom stereocenters. The third-order valence-corrected chi connectivity index (χ3v) is 2.52. The second kappa shape index (κ2) is 2.58. The van der Waals surface area contributed by atoms with Crippen LogP contribution in [0.1, 0.15) is 11.1 Å². The Labute approximate surface area is 80.9 Å². The van der Waals surface area contributed by atoms with E-state index in [4.69, 9.17) is 9.47 Å². The van der Waals surface area contributed by atoms with Crippen molar-refractivity contribution in [2.24, 2.45) is 0 Å². The Morgan fingerprint density at radius 1 is 1.36 bits per heavy atom. The summed E-state index contributed by atoms with van der Waals surface area (Å²) in [5.41, 5.74) is 1.60. The molecule has 2 aliphatic heterocycles. The Morgan fingerprint density at radius 2 is 2.21 bits per heavy atom. The molecular formula is C11H9FO2. The molecule has 0 radical (unpaired) electrons. The lowest BCUT2D eigenvalue weighted by Crippen LogP contribution is -2.03. The van der Waals surface area contributed by atoms with Crippen LogP contribution in [0.15, 0.2) is 30.5 Å². The molecule has 1 saturated heterocycles. The van der Waals surface area contributed by atoms with Gasteiger partial charge in [-0.2, -0.15) is 0 Å². The summed E-state index contributed by atoms with van der Waals surface area (Å²) >= 11 is 0. The highest BCUT2D eigenvalue weighted by molar-refractivity contribution is 5.42. The van der Waals surface area contributed by atoms with Crippen LogP contribution < -0.4 is 4.74 Å². The summed E-state index contributed by atoms with van der Waals surface area (Å²) in [6, 6.07) is 5.31. The van der Waals surface area contributed by atoms with Crippen molar-refractivity contribution < 1.29 is 13.9 Å². The lowest BCUT2D eigenvalue weighted by atomic mass is 10.0. The van der Waals surface area contributed by atoms with E-state index in [9.17, 15) is 4.39 Å². The van der Waals surface area contributed by atoms with Crippen LogP contribution in [0, 0.1) is 0 Å². The number of halogens is 1. The molecule has 0 saturated carbocycles. The van der Waals surface area contributed by atoms with Gasteiger partial charge in [0.2, 0.25) is 0 Å². The van der Waals surface area contributed by atoms with Crippen LogP contribution >= 0.6 is 0 Å². The smallest absolute Gasteiger partial charge is 0.259 e. The summed E-state index contributed by atoms with van der Waals surface area (Å²) in [6.07, 6.45) is 4.35. The second-order valence-corrected chi connectivity index (χ2v) is 3.53. The number of ether oxygens (including phenoxy) is 2. The number of fused-ring (bicyclic) bond motifs is 1. The zero-order chi connectivity index (χ0) is 9.60. The van der Waals surface area contributed by atoms with Crippen molar-refractivity contribution in [3.8, 4) is 5.75 Å². The Hall–Kier alpha value is -1.35. The fourth-order valence-corrected chi connectivity index (χ4v) is 1.61. The predicted molar refractivity (Wildman–Crippen MR) is 48.7 cm³/mol. The van der Waals surface area contributed by atoms with Crippen molar-refractivity contribution in [1.82, 2.24) is 0 Å². The molecule has 3 heteroatoms. The first kappa shape index (κ1) is 8.00. The van der Waals surface area contributed by atoms with Crippen molar-refractivity contribution in [2.45, 2.75) is 12.3 Å². The maximum Gasteiger partial charge on any atom is 0.259 e. The highest BCUT2D eigenvalue weighted by Gasteiger charge is 2.47. The molecule has 3 rings (SSSR count). The quantitative estimate of drug-likeness (QED) is 0.637. The summed E-state index contributed by atoms with van der Waals surface area (Å²) in [7, 11) is 0. The van der Waals surface area contributed by atoms with Crippen molar-refractivity contribution in [3.63, 3.8) is 0 Å². The summed E-state index contributed by atoms with van der Waals surface area (Å²) < 4.78 is 23.5. The molecule has 72 valence electrons. The normalized spacial score (nSPS) is 28.1. The first-order chi connectivity index (χ1) is 6.78. The van der Waals surface area contributed by atoms with E-state index >= 15 is 0 Å². The van der Waals surface area contributed by atoms with Crippen LogP contribution in [0.5, 0.6) is 5.75 Å². The van der Waals surface area contributed by atoms with E-state index in [1.54, 1.807) is 18.4 Å². The number of epoxide rings is 1. The lowest BCUT2D eigenvalue weighted by molar-refractivity contribution is 0.141. The molecule has 2 heterocycles. The summed E-state index contributed by atoms with van der Waals surface area (Å²) in [5.74, 6) is -0.726. The number of hydrogen-bond acceptors (Lipinski definition) is 2. The molecule has 2 aliphatic rings. The summed E-state index contributed by atoms with van der Waals surface area (Å²) in [6.45, 7) is 0.169. The van der Waals surface area contributed by atoms with Crippen LogP contribution in [-0.2, 0) is 17.0 Å². The van der Waals surface area contributed by atoms with Gasteiger partial charge in [0.1, 0.15) is 12.4 Å². The summed E-state index contributed by atoms with van der Waals surface area (Å²) in [4.78, 5) is 0. The van der Waals surface area contributed by atoms with E-state index in [0.29, 0.717) is 5.56 Å². The molecule has 2 nitrogen and oxygen atoms in total. The van der Waals surface area contributed by atoms with Gasteiger partial charge in [-0.3, -0.25) is 0 Å². The van der Waals surface area contributed by atoms with Crippen molar-refractivity contribution >= 4 is 0 Å². The molecule has 1 aromatic carbocycles. The summed E-state index contributed by atoms with van der Waals surface area (Å²) in [5, 5.41) is 0. The topological polar surface area (TPSA) is 21.8 Å². The molecule has 1 atom stereocenters. The average molecular weight is 192 g/mol. The molecule has 0 aromatic heterocycles. The molecule has 1 fully saturated rings. The zero-order valence-corrected chi connectivity index (χ0v) is 7.50. The minimum Gasteiger partial charge on any atom is -0.465 e. The Morgan fingerprint density at radius 3 is 3.00 bits per heavy atom. The second-order valence-electron chi connectivity index (χ2n) is 3.53. The van der Waals surface area contributed by atoms with Crippen LogP contribution in [0.25, 0.3) is 0 Å². The third-order valence-electron chi connectivity index (χ3n) is 2.52. The Bertz CT molecular complexity index is 408. The van der Waals surface area contributed by atoms with Gasteiger partial charge >= 0.3 is 0 Å². The van der Waals surface area contributed by atoms with Gasteiger partial charge in [0.15, 0.2) is 0 Å². The van der Waals surface area contributed by atoms with Crippen LogP contribution in [0.2, 0.25) is 0 Å². The Kier molecular flexibility index (Phi) is 1.47. The number of hydrogen-bond donors (Lipinski definition) is 0. The maximum atomic E-state index is 13.5. The van der Waals surface area contributed by atoms with E-state index in [1.165, 1.54) is 0 Å². The number of alkyl halides is 1. The fourth-order valence-electron chi connectivity index (χ4n) is 1.61. The van der Waals surface area contributed by atoms with E-state index in [-0.39, 0.29) is 6.61 Å². The molecule has 1 aromatic rings. The highest BCUT2D eigenvalue weighted by atomic mass is 19.2. The van der Waals surface area contributed by atoms with Gasteiger partial charge < -0.3 is 9.47 Å². The van der Waals surface area contributed by atoms with Crippen LogP contribution in [-0.4, -0.2) is 6.61 Å². The Balaban J connectivity index is 2.03. The third kappa shape index (κ3) is 1.13. The predicted octanol–water partition coefficient (Wildman–Crippen LogP) is 2.29. The molecular weight excluding hydrogens is 183 g/mol. The largest absolute Gasteiger partial charge is 0.465 e. The van der Waals surface area contributed by atoms with Crippen molar-refractivity contribution in [3.05, 3.63) is 41.7 Å². The lowest BCUT2D eigenvalue weighted by Gasteiger charge is -2.13. The van der Waals surface area contributed by atoms with Gasteiger partial charge in [0.05, 0.1) is 6.26 Å². The molecule has 14 heavy (non-hydrogen) atoms. The van der Waals surface area contributed by atoms with E-state index in [2.05, 4.69) is 0 Å². The van der Waals surface area contributed by atoms with E-state index < -0.39 is 5.85 Å². The SMILES string of the molecule is F[C@@]1(c2ccc3c(c2)CC=CO3)CO1. The maximum absolute atomic E-state index is 13.5. The van der Waals surface area contributed by atoms with Gasteiger partial charge in [0, 0.05) is 5.56 Å². The molecule has 0 spiro atoms. The van der Waals surface area contributed by atoms with Gasteiger partial charge in [0.25, 0.3) is 5.85 Å². The fraction of sp³-hybridized carbons (Fsp3) is 0.273. The highest BCUT2D eigenvalue weighted by Crippen LogP contribution is 2.41. The first-order valence-corrected chi connectivity index (χ1v) is 4.56. The number of benzene rings is 1. The molecule has 0 bridgehead atoms. The number of allylic oxidation sites excluding steroid dienone is 1. The van der Waals surface area contributed by atoms with Gasteiger partial charge in [-0.1, -0.05) is 0 Å². The minimum atomic E-state index is -1.53. The molecule has 0 aliphatic carbocycles. The van der Waals surface area contributed by atoms with E-state index in [1.807, 2.05) is 12.1 Å². The molecule has 0 amide bonds. The molecule has 0 N–H and O–H groups in total. The average Bonchev–Trinajstić information content (AvgIpc) is 2.97. The van der Waals surface area contributed by atoms with Gasteiger partial charge in [-0.05, 0) is 36.3 Å². The minimum absolute atomic E-state index is 0.169. The zero-order valence-electron chi connectivity index (χ0n) is 7.50.